The summed E-state index contributed by atoms with van der Waals surface area (Å²) in [6.07, 6.45) is 0. The fourth-order valence-electron chi connectivity index (χ4n) is 8.62. The molecule has 0 saturated carbocycles. The highest BCUT2D eigenvalue weighted by molar-refractivity contribution is 7.05. The van der Waals surface area contributed by atoms with E-state index in [0.717, 1.165) is 0 Å². The Kier molecular flexibility index (Phi) is 6.81. The van der Waals surface area contributed by atoms with Crippen molar-refractivity contribution in [2.75, 3.05) is 4.90 Å². The van der Waals surface area contributed by atoms with Gasteiger partial charge in [-0.15, -0.1) is 0 Å². The Balaban J connectivity index is 1.27. The fraction of sp³-hybridized carbons (Fsp3) is 0.0870. The summed E-state index contributed by atoms with van der Waals surface area (Å²) < 4.78 is 0. The van der Waals surface area contributed by atoms with Gasteiger partial charge in [0.25, 0.3) is 0 Å². The van der Waals surface area contributed by atoms with Crippen LogP contribution in [-0.4, -0.2) is 16.1 Å². The van der Waals surface area contributed by atoms with Gasteiger partial charge in [0.1, 0.15) is 16.1 Å². The lowest BCUT2D eigenvalue weighted by molar-refractivity contribution is 1.30. The SMILES string of the molecule is C[Si]1(C)c2cc(-c3ccccc3)ccc2-c2ccc(N(c3ccccc3-c3ccccc3)c3cccc4c3[Si](C)(C)c3ccccc3-4)cc21. The van der Waals surface area contributed by atoms with Crippen LogP contribution in [0.4, 0.5) is 17.1 Å². The van der Waals surface area contributed by atoms with Gasteiger partial charge in [-0.25, -0.2) is 0 Å². The fourth-order valence-corrected chi connectivity index (χ4v) is 15.1. The van der Waals surface area contributed by atoms with Crippen LogP contribution in [0.1, 0.15) is 0 Å². The van der Waals surface area contributed by atoms with Gasteiger partial charge in [-0.05, 0) is 84.0 Å². The number of hydrogen-bond donors (Lipinski definition) is 0. The van der Waals surface area contributed by atoms with Gasteiger partial charge in [0.2, 0.25) is 0 Å². The number of hydrogen-bond acceptors (Lipinski definition) is 1. The van der Waals surface area contributed by atoms with Crippen molar-refractivity contribution in [2.24, 2.45) is 0 Å². The van der Waals surface area contributed by atoms with Gasteiger partial charge in [-0.2, -0.15) is 0 Å². The number of rotatable bonds is 5. The molecule has 0 bridgehead atoms. The van der Waals surface area contributed by atoms with E-state index in [1.165, 1.54) is 82.3 Å². The molecule has 0 radical (unpaired) electrons. The molecule has 0 aromatic heterocycles. The molecule has 0 fully saturated rings. The average molecular weight is 662 g/mol. The van der Waals surface area contributed by atoms with Crippen LogP contribution < -0.4 is 25.6 Å². The molecular formula is C46H39NSi2. The zero-order chi connectivity index (χ0) is 33.3. The monoisotopic (exact) mass is 661 g/mol. The summed E-state index contributed by atoms with van der Waals surface area (Å²) >= 11 is 0. The van der Waals surface area contributed by atoms with Crippen LogP contribution in [-0.2, 0) is 0 Å². The summed E-state index contributed by atoms with van der Waals surface area (Å²) in [6.45, 7) is 10.1. The van der Waals surface area contributed by atoms with Crippen LogP contribution in [0.5, 0.6) is 0 Å². The summed E-state index contributed by atoms with van der Waals surface area (Å²) in [5, 5.41) is 6.09. The Morgan fingerprint density at radius 2 is 0.898 bits per heavy atom. The first-order chi connectivity index (χ1) is 23.8. The molecule has 9 rings (SSSR count). The summed E-state index contributed by atoms with van der Waals surface area (Å²) in [5.74, 6) is 0. The Labute approximate surface area is 292 Å². The van der Waals surface area contributed by atoms with Crippen LogP contribution >= 0.6 is 0 Å². The zero-order valence-corrected chi connectivity index (χ0v) is 30.5. The van der Waals surface area contributed by atoms with Gasteiger partial charge < -0.3 is 4.90 Å². The number of fused-ring (bicyclic) bond motifs is 6. The van der Waals surface area contributed by atoms with Crippen molar-refractivity contribution in [3.05, 3.63) is 164 Å². The second-order valence-corrected chi connectivity index (χ2v) is 23.2. The molecule has 0 unspecified atom stereocenters. The van der Waals surface area contributed by atoms with Crippen LogP contribution in [0.3, 0.4) is 0 Å². The largest absolute Gasteiger partial charge is 0.310 e. The van der Waals surface area contributed by atoms with E-state index in [1.54, 1.807) is 0 Å². The highest BCUT2D eigenvalue weighted by Gasteiger charge is 2.42. The first-order valence-corrected chi connectivity index (χ1v) is 23.4. The molecular weight excluding hydrogens is 623 g/mol. The van der Waals surface area contributed by atoms with E-state index >= 15 is 0 Å². The molecule has 0 atom stereocenters. The first-order valence-electron chi connectivity index (χ1n) is 17.4. The molecule has 236 valence electrons. The molecule has 3 heteroatoms. The number of para-hydroxylation sites is 1. The molecule has 0 saturated heterocycles. The standard InChI is InChI=1S/C46H39NSi2/c1-48(2)44-30-34(32-16-7-5-8-17-32)26-28-38(44)39-29-27-35(31-45(39)48)47(41-23-13-11-20-36(41)33-18-9-6-10-19-33)42-24-15-22-40-37-21-12-14-25-43(37)49(3,4)46(40)42/h5-31H,1-4H3. The molecule has 1 nitrogen and oxygen atoms in total. The maximum absolute atomic E-state index is 2.59. The molecule has 0 N–H and O–H groups in total. The number of nitrogens with zero attached hydrogens (tertiary/aromatic N) is 1. The zero-order valence-electron chi connectivity index (χ0n) is 28.5. The predicted octanol–water partition coefficient (Wildman–Crippen LogP) is 10.1. The molecule has 0 amide bonds. The van der Waals surface area contributed by atoms with Crippen molar-refractivity contribution in [1.82, 2.24) is 0 Å². The van der Waals surface area contributed by atoms with E-state index in [1.807, 2.05) is 0 Å². The van der Waals surface area contributed by atoms with E-state index in [9.17, 15) is 0 Å². The minimum atomic E-state index is -2.02. The number of benzene rings is 7. The minimum absolute atomic E-state index is 1.21. The van der Waals surface area contributed by atoms with Crippen molar-refractivity contribution >= 4 is 54.0 Å². The van der Waals surface area contributed by atoms with Crippen LogP contribution in [0.2, 0.25) is 26.2 Å². The van der Waals surface area contributed by atoms with Crippen molar-refractivity contribution in [1.29, 1.82) is 0 Å². The van der Waals surface area contributed by atoms with E-state index in [4.69, 9.17) is 0 Å². The van der Waals surface area contributed by atoms with Crippen LogP contribution in [0.25, 0.3) is 44.5 Å². The predicted molar refractivity (Wildman–Crippen MR) is 216 cm³/mol. The molecule has 2 heterocycles. The normalized spacial score (nSPS) is 14.4. The van der Waals surface area contributed by atoms with Crippen molar-refractivity contribution in [2.45, 2.75) is 26.2 Å². The van der Waals surface area contributed by atoms with Crippen molar-refractivity contribution in [3.63, 3.8) is 0 Å². The molecule has 0 aliphatic carbocycles. The lowest BCUT2D eigenvalue weighted by Crippen LogP contribution is -2.51. The van der Waals surface area contributed by atoms with Gasteiger partial charge in [0.05, 0.1) is 5.69 Å². The Bertz CT molecular complexity index is 2390. The lowest BCUT2D eigenvalue weighted by atomic mass is 9.99. The first kappa shape index (κ1) is 29.9. The average Bonchev–Trinajstić information content (AvgIpc) is 3.52. The van der Waals surface area contributed by atoms with Crippen molar-refractivity contribution in [3.8, 4) is 44.5 Å². The lowest BCUT2D eigenvalue weighted by Gasteiger charge is -2.33. The summed E-state index contributed by atoms with van der Waals surface area (Å²) in [5.41, 5.74) is 14.4. The third-order valence-corrected chi connectivity index (χ3v) is 18.1. The van der Waals surface area contributed by atoms with E-state index in [0.29, 0.717) is 0 Å². The van der Waals surface area contributed by atoms with Gasteiger partial charge in [-0.3, -0.25) is 0 Å². The van der Waals surface area contributed by atoms with Gasteiger partial charge in [-0.1, -0.05) is 166 Å². The topological polar surface area (TPSA) is 3.24 Å². The van der Waals surface area contributed by atoms with Gasteiger partial charge >= 0.3 is 0 Å². The Morgan fingerprint density at radius 1 is 0.347 bits per heavy atom. The summed E-state index contributed by atoms with van der Waals surface area (Å²) in [7, 11) is -4.04. The quantitative estimate of drug-likeness (QED) is 0.166. The van der Waals surface area contributed by atoms with Crippen molar-refractivity contribution < 1.29 is 0 Å². The molecule has 2 aliphatic heterocycles. The van der Waals surface area contributed by atoms with Crippen LogP contribution in [0, 0.1) is 0 Å². The smallest absolute Gasteiger partial charge is 0.116 e. The van der Waals surface area contributed by atoms with Crippen LogP contribution in [0.15, 0.2) is 164 Å². The Morgan fingerprint density at radius 3 is 1.65 bits per heavy atom. The second-order valence-electron chi connectivity index (χ2n) is 14.6. The number of anilines is 3. The van der Waals surface area contributed by atoms with Gasteiger partial charge in [0, 0.05) is 16.9 Å². The molecule has 7 aromatic carbocycles. The summed E-state index contributed by atoms with van der Waals surface area (Å²) in [6, 6.07) is 61.2. The highest BCUT2D eigenvalue weighted by Crippen LogP contribution is 2.44. The van der Waals surface area contributed by atoms with E-state index < -0.39 is 16.1 Å². The third-order valence-electron chi connectivity index (χ3n) is 11.1. The van der Waals surface area contributed by atoms with Gasteiger partial charge in [0.15, 0.2) is 0 Å². The maximum atomic E-state index is 2.59. The minimum Gasteiger partial charge on any atom is -0.310 e. The molecule has 7 aromatic rings. The molecule has 49 heavy (non-hydrogen) atoms. The molecule has 2 aliphatic rings. The molecule has 0 spiro atoms. The second kappa shape index (κ2) is 11.2. The van der Waals surface area contributed by atoms with E-state index in [2.05, 4.69) is 195 Å². The maximum Gasteiger partial charge on any atom is 0.116 e. The highest BCUT2D eigenvalue weighted by atomic mass is 28.3. The van der Waals surface area contributed by atoms with E-state index in [-0.39, 0.29) is 0 Å². The summed E-state index contributed by atoms with van der Waals surface area (Å²) in [4.78, 5) is 2.59. The third kappa shape index (κ3) is 4.57. The Hall–Kier alpha value is -5.23.